The second-order valence-electron chi connectivity index (χ2n) is 4.61. The van der Waals surface area contributed by atoms with Crippen LogP contribution in [-0.4, -0.2) is 52.9 Å². The first-order valence-electron chi connectivity index (χ1n) is 6.69. The molecule has 6 heteroatoms. The molecule has 1 aromatic heterocycles. The quantitative estimate of drug-likeness (QED) is 0.778. The number of aryl methyl sites for hydroxylation is 1. The molecule has 0 amide bonds. The summed E-state index contributed by atoms with van der Waals surface area (Å²) in [6.07, 6.45) is 3.28. The maximum Gasteiger partial charge on any atom is 0.205 e. The number of halogens is 1. The van der Waals surface area contributed by atoms with E-state index in [4.69, 9.17) is 11.6 Å². The highest BCUT2D eigenvalue weighted by atomic mass is 35.5. The van der Waals surface area contributed by atoms with E-state index in [-0.39, 0.29) is 0 Å². The minimum Gasteiger partial charge on any atom is -0.346 e. The van der Waals surface area contributed by atoms with Gasteiger partial charge in [0.25, 0.3) is 0 Å². The van der Waals surface area contributed by atoms with Gasteiger partial charge in [-0.25, -0.2) is 4.98 Å². The van der Waals surface area contributed by atoms with Crippen LogP contribution in [0.2, 0.25) is 0 Å². The number of nitrogens with zero attached hydrogens (tertiary/aromatic N) is 4. The fourth-order valence-corrected chi connectivity index (χ4v) is 3.21. The minimum atomic E-state index is 0.722. The molecule has 0 bridgehead atoms. The Morgan fingerprint density at radius 1 is 1.28 bits per heavy atom. The molecule has 2 heterocycles. The van der Waals surface area contributed by atoms with E-state index in [0.29, 0.717) is 0 Å². The second-order valence-corrected chi connectivity index (χ2v) is 5.72. The van der Waals surface area contributed by atoms with E-state index in [1.807, 2.05) is 0 Å². The largest absolute Gasteiger partial charge is 0.346 e. The predicted molar refractivity (Wildman–Crippen MR) is 77.9 cm³/mol. The number of aromatic nitrogens is 2. The maximum atomic E-state index is 5.80. The standard InChI is InChI=1S/C12H21ClN4S/c1-2-4-11-14-12(18-15-11)17-7-3-6-16(8-5-13)9-10-17/h2-10H2,1H3. The molecule has 0 unspecified atom stereocenters. The van der Waals surface area contributed by atoms with Gasteiger partial charge in [0, 0.05) is 50.0 Å². The molecule has 0 N–H and O–H groups in total. The second kappa shape index (κ2) is 7.26. The molecule has 0 saturated carbocycles. The lowest BCUT2D eigenvalue weighted by Crippen LogP contribution is -2.31. The Morgan fingerprint density at radius 2 is 2.17 bits per heavy atom. The summed E-state index contributed by atoms with van der Waals surface area (Å²) in [6.45, 7) is 7.50. The highest BCUT2D eigenvalue weighted by Crippen LogP contribution is 2.19. The predicted octanol–water partition coefficient (Wildman–Crippen LogP) is 2.24. The fraction of sp³-hybridized carbons (Fsp3) is 0.833. The van der Waals surface area contributed by atoms with Crippen LogP contribution in [0.25, 0.3) is 0 Å². The van der Waals surface area contributed by atoms with E-state index < -0.39 is 0 Å². The Hall–Kier alpha value is -0.390. The molecular formula is C12H21ClN4S. The summed E-state index contributed by atoms with van der Waals surface area (Å²) in [5, 5.41) is 1.09. The van der Waals surface area contributed by atoms with Crippen molar-refractivity contribution in [2.75, 3.05) is 43.5 Å². The smallest absolute Gasteiger partial charge is 0.205 e. The third-order valence-corrected chi connectivity index (χ3v) is 4.17. The average Bonchev–Trinajstić information content (AvgIpc) is 2.70. The summed E-state index contributed by atoms with van der Waals surface area (Å²) < 4.78 is 4.42. The van der Waals surface area contributed by atoms with Crippen molar-refractivity contribution in [3.05, 3.63) is 5.82 Å². The van der Waals surface area contributed by atoms with E-state index in [9.17, 15) is 0 Å². The highest BCUT2D eigenvalue weighted by Gasteiger charge is 2.17. The molecule has 1 saturated heterocycles. The van der Waals surface area contributed by atoms with Gasteiger partial charge in [0.15, 0.2) is 0 Å². The number of anilines is 1. The fourth-order valence-electron chi connectivity index (χ4n) is 2.20. The molecule has 0 aliphatic carbocycles. The Balaban J connectivity index is 1.92. The van der Waals surface area contributed by atoms with Gasteiger partial charge >= 0.3 is 0 Å². The van der Waals surface area contributed by atoms with Gasteiger partial charge in [-0.1, -0.05) is 6.92 Å². The molecule has 102 valence electrons. The zero-order chi connectivity index (χ0) is 12.8. The summed E-state index contributed by atoms with van der Waals surface area (Å²) >= 11 is 7.34. The van der Waals surface area contributed by atoms with Gasteiger partial charge in [-0.15, -0.1) is 11.6 Å². The van der Waals surface area contributed by atoms with Crippen molar-refractivity contribution in [2.45, 2.75) is 26.2 Å². The number of rotatable bonds is 5. The Bertz CT molecular complexity index is 358. The van der Waals surface area contributed by atoms with E-state index in [1.54, 1.807) is 11.5 Å². The average molecular weight is 289 g/mol. The van der Waals surface area contributed by atoms with Gasteiger partial charge in [-0.05, 0) is 19.4 Å². The summed E-state index contributed by atoms with van der Waals surface area (Å²) in [5.74, 6) is 1.72. The monoisotopic (exact) mass is 288 g/mol. The third-order valence-electron chi connectivity index (χ3n) is 3.19. The van der Waals surface area contributed by atoms with E-state index >= 15 is 0 Å². The molecule has 0 spiro atoms. The molecule has 18 heavy (non-hydrogen) atoms. The molecule has 1 aliphatic heterocycles. The minimum absolute atomic E-state index is 0.722. The van der Waals surface area contributed by atoms with Crippen LogP contribution >= 0.6 is 23.1 Å². The highest BCUT2D eigenvalue weighted by molar-refractivity contribution is 7.09. The number of alkyl halides is 1. The number of hydrogen-bond acceptors (Lipinski definition) is 5. The maximum absolute atomic E-state index is 5.80. The SMILES string of the molecule is CCCc1nsc(N2CCCN(CCCl)CC2)n1. The van der Waals surface area contributed by atoms with Gasteiger partial charge in [-0.3, -0.25) is 0 Å². The van der Waals surface area contributed by atoms with E-state index in [0.717, 1.165) is 62.4 Å². The molecule has 4 nitrogen and oxygen atoms in total. The topological polar surface area (TPSA) is 32.3 Å². The lowest BCUT2D eigenvalue weighted by atomic mass is 10.3. The first kappa shape index (κ1) is 14.0. The van der Waals surface area contributed by atoms with Crippen molar-refractivity contribution in [3.63, 3.8) is 0 Å². The van der Waals surface area contributed by atoms with Crippen molar-refractivity contribution in [1.82, 2.24) is 14.3 Å². The van der Waals surface area contributed by atoms with Crippen LogP contribution in [0.3, 0.4) is 0 Å². The van der Waals surface area contributed by atoms with Crippen molar-refractivity contribution in [2.24, 2.45) is 0 Å². The zero-order valence-electron chi connectivity index (χ0n) is 10.9. The molecule has 0 aromatic carbocycles. The normalized spacial score (nSPS) is 18.0. The first-order chi connectivity index (χ1) is 8.83. The van der Waals surface area contributed by atoms with Crippen LogP contribution in [0.5, 0.6) is 0 Å². The van der Waals surface area contributed by atoms with Crippen molar-refractivity contribution in [3.8, 4) is 0 Å². The van der Waals surface area contributed by atoms with Crippen LogP contribution in [-0.2, 0) is 6.42 Å². The summed E-state index contributed by atoms with van der Waals surface area (Å²) in [6, 6.07) is 0. The lowest BCUT2D eigenvalue weighted by molar-refractivity contribution is 0.311. The Morgan fingerprint density at radius 3 is 2.94 bits per heavy atom. The lowest BCUT2D eigenvalue weighted by Gasteiger charge is -2.20. The Labute approximate surface area is 118 Å². The molecule has 0 atom stereocenters. The third kappa shape index (κ3) is 3.80. The molecule has 2 rings (SSSR count). The molecule has 1 fully saturated rings. The van der Waals surface area contributed by atoms with E-state index in [2.05, 4.69) is 26.1 Å². The van der Waals surface area contributed by atoms with Crippen LogP contribution in [0, 0.1) is 0 Å². The van der Waals surface area contributed by atoms with Crippen molar-refractivity contribution < 1.29 is 0 Å². The van der Waals surface area contributed by atoms with Gasteiger partial charge < -0.3 is 9.80 Å². The van der Waals surface area contributed by atoms with Crippen LogP contribution in [0.15, 0.2) is 0 Å². The van der Waals surface area contributed by atoms with Gasteiger partial charge in [0.1, 0.15) is 5.82 Å². The number of hydrogen-bond donors (Lipinski definition) is 0. The van der Waals surface area contributed by atoms with Crippen LogP contribution < -0.4 is 4.90 Å². The van der Waals surface area contributed by atoms with Gasteiger partial charge in [0.2, 0.25) is 5.13 Å². The van der Waals surface area contributed by atoms with Gasteiger partial charge in [-0.2, -0.15) is 4.37 Å². The molecule has 1 aliphatic rings. The molecular weight excluding hydrogens is 268 g/mol. The van der Waals surface area contributed by atoms with Crippen molar-refractivity contribution in [1.29, 1.82) is 0 Å². The summed E-state index contributed by atoms with van der Waals surface area (Å²) in [7, 11) is 0. The first-order valence-corrected chi connectivity index (χ1v) is 8.00. The zero-order valence-corrected chi connectivity index (χ0v) is 12.5. The van der Waals surface area contributed by atoms with Crippen LogP contribution in [0.1, 0.15) is 25.6 Å². The summed E-state index contributed by atoms with van der Waals surface area (Å²) in [4.78, 5) is 9.42. The van der Waals surface area contributed by atoms with Crippen molar-refractivity contribution >= 4 is 28.3 Å². The summed E-state index contributed by atoms with van der Waals surface area (Å²) in [5.41, 5.74) is 0. The van der Waals surface area contributed by atoms with E-state index in [1.165, 1.54) is 6.42 Å². The Kier molecular flexibility index (Phi) is 5.66. The van der Waals surface area contributed by atoms with Gasteiger partial charge in [0.05, 0.1) is 0 Å². The molecule has 1 aromatic rings. The molecule has 0 radical (unpaired) electrons. The van der Waals surface area contributed by atoms with Crippen LogP contribution in [0.4, 0.5) is 5.13 Å².